The molecule has 1 N–H and O–H groups in total. The largest absolute Gasteiger partial charge is 0.390 e. The maximum atomic E-state index is 12.5. The Kier molecular flexibility index (Phi) is 7.13. The summed E-state index contributed by atoms with van der Waals surface area (Å²) < 4.78 is 0. The lowest BCUT2D eigenvalue weighted by molar-refractivity contribution is -0.119. The third kappa shape index (κ3) is 5.49. The molecule has 28 heavy (non-hydrogen) atoms. The topological polar surface area (TPSA) is 71.4 Å². The van der Waals surface area contributed by atoms with Crippen LogP contribution in [0.2, 0.25) is 5.02 Å². The van der Waals surface area contributed by atoms with Gasteiger partial charge in [-0.3, -0.25) is 14.4 Å². The van der Waals surface area contributed by atoms with Crippen molar-refractivity contribution in [3.05, 3.63) is 57.1 Å². The summed E-state index contributed by atoms with van der Waals surface area (Å²) in [6.45, 7) is 6.66. The van der Waals surface area contributed by atoms with E-state index in [-0.39, 0.29) is 23.8 Å². The van der Waals surface area contributed by atoms with Crippen molar-refractivity contribution in [2.75, 3.05) is 0 Å². The van der Waals surface area contributed by atoms with E-state index in [4.69, 9.17) is 11.6 Å². The fraction of sp³-hybridized carbons (Fsp3) is 0.435. The Labute approximate surface area is 171 Å². The van der Waals surface area contributed by atoms with Crippen molar-refractivity contribution in [2.45, 2.75) is 65.4 Å². The summed E-state index contributed by atoms with van der Waals surface area (Å²) >= 11 is 5.84. The second kappa shape index (κ2) is 8.97. The standard InChI is InChI=1S/C23H27ClO4/c1-14-15(2)22(27)20(16(3)21(14)26)10-12-23(4,28)11-9-19(25)13-17-5-7-18(24)8-6-17/h5-8,28H,9-13H2,1-4H3. The summed E-state index contributed by atoms with van der Waals surface area (Å²) in [4.78, 5) is 36.9. The van der Waals surface area contributed by atoms with Gasteiger partial charge in [0, 0.05) is 40.2 Å². The molecule has 0 spiro atoms. The van der Waals surface area contributed by atoms with Gasteiger partial charge in [-0.2, -0.15) is 0 Å². The molecule has 0 aromatic heterocycles. The first-order valence-electron chi connectivity index (χ1n) is 9.47. The van der Waals surface area contributed by atoms with E-state index in [9.17, 15) is 19.5 Å². The molecule has 0 bridgehead atoms. The molecule has 0 fully saturated rings. The Morgan fingerprint density at radius 1 is 0.964 bits per heavy atom. The maximum Gasteiger partial charge on any atom is 0.185 e. The minimum atomic E-state index is -1.09. The first-order chi connectivity index (χ1) is 13.0. The van der Waals surface area contributed by atoms with Crippen molar-refractivity contribution in [3.63, 3.8) is 0 Å². The summed E-state index contributed by atoms with van der Waals surface area (Å²) in [5, 5.41) is 11.3. The lowest BCUT2D eigenvalue weighted by atomic mass is 9.81. The number of hydrogen-bond acceptors (Lipinski definition) is 4. The van der Waals surface area contributed by atoms with Gasteiger partial charge in [-0.15, -0.1) is 0 Å². The molecular formula is C23H27ClO4. The Morgan fingerprint density at radius 3 is 2.14 bits per heavy atom. The van der Waals surface area contributed by atoms with Crippen molar-refractivity contribution in [1.29, 1.82) is 0 Å². The van der Waals surface area contributed by atoms with Crippen LogP contribution in [0.4, 0.5) is 0 Å². The first kappa shape index (κ1) is 22.3. The van der Waals surface area contributed by atoms with Gasteiger partial charge in [-0.1, -0.05) is 23.7 Å². The number of hydrogen-bond donors (Lipinski definition) is 1. The van der Waals surface area contributed by atoms with Crippen molar-refractivity contribution < 1.29 is 19.5 Å². The zero-order chi connectivity index (χ0) is 21.1. The molecule has 1 aliphatic carbocycles. The van der Waals surface area contributed by atoms with Crippen LogP contribution in [-0.4, -0.2) is 28.1 Å². The van der Waals surface area contributed by atoms with Crippen LogP contribution in [0.3, 0.4) is 0 Å². The van der Waals surface area contributed by atoms with Gasteiger partial charge >= 0.3 is 0 Å². The molecule has 0 saturated heterocycles. The Bertz CT molecular complexity index is 857. The molecule has 5 heteroatoms. The summed E-state index contributed by atoms with van der Waals surface area (Å²) in [6, 6.07) is 7.13. The summed E-state index contributed by atoms with van der Waals surface area (Å²) in [5.74, 6) is -0.189. The number of carbonyl (C=O) groups excluding carboxylic acids is 3. The second-order valence-corrected chi connectivity index (χ2v) is 8.29. The van der Waals surface area contributed by atoms with Crippen LogP contribution in [0, 0.1) is 0 Å². The molecule has 0 heterocycles. The van der Waals surface area contributed by atoms with Crippen LogP contribution in [0.15, 0.2) is 46.6 Å². The minimum Gasteiger partial charge on any atom is -0.390 e. The maximum absolute atomic E-state index is 12.5. The van der Waals surface area contributed by atoms with Crippen LogP contribution < -0.4 is 0 Å². The zero-order valence-electron chi connectivity index (χ0n) is 16.9. The van der Waals surface area contributed by atoms with Crippen molar-refractivity contribution >= 4 is 29.0 Å². The van der Waals surface area contributed by atoms with Crippen LogP contribution in [0.5, 0.6) is 0 Å². The zero-order valence-corrected chi connectivity index (χ0v) is 17.7. The molecule has 1 aliphatic rings. The van der Waals surface area contributed by atoms with Gasteiger partial charge in [-0.25, -0.2) is 0 Å². The van der Waals surface area contributed by atoms with E-state index in [0.29, 0.717) is 53.0 Å². The third-order valence-corrected chi connectivity index (χ3v) is 5.73. The highest BCUT2D eigenvalue weighted by Crippen LogP contribution is 2.30. The molecule has 1 aromatic carbocycles. The molecule has 1 unspecified atom stereocenters. The van der Waals surface area contributed by atoms with E-state index in [1.54, 1.807) is 39.8 Å². The number of Topliss-reactive ketones (excluding diaryl/α,β-unsaturated/α-hetero) is 3. The van der Waals surface area contributed by atoms with Crippen LogP contribution in [-0.2, 0) is 20.8 Å². The van der Waals surface area contributed by atoms with Crippen LogP contribution >= 0.6 is 11.6 Å². The van der Waals surface area contributed by atoms with Crippen molar-refractivity contribution in [1.82, 2.24) is 0 Å². The van der Waals surface area contributed by atoms with Gasteiger partial charge in [0.25, 0.3) is 0 Å². The van der Waals surface area contributed by atoms with E-state index < -0.39 is 5.60 Å². The molecule has 4 nitrogen and oxygen atoms in total. The van der Waals surface area contributed by atoms with Gasteiger partial charge in [0.15, 0.2) is 11.6 Å². The summed E-state index contributed by atoms with van der Waals surface area (Å²) in [6.07, 6.45) is 1.49. The fourth-order valence-electron chi connectivity index (χ4n) is 3.30. The van der Waals surface area contributed by atoms with E-state index >= 15 is 0 Å². The summed E-state index contributed by atoms with van der Waals surface area (Å²) in [7, 11) is 0. The Balaban J connectivity index is 1.91. The van der Waals surface area contributed by atoms with E-state index in [1.807, 2.05) is 12.1 Å². The van der Waals surface area contributed by atoms with Crippen LogP contribution in [0.25, 0.3) is 0 Å². The molecule has 2 rings (SSSR count). The molecule has 1 aromatic rings. The van der Waals surface area contributed by atoms with E-state index in [2.05, 4.69) is 0 Å². The molecule has 0 aliphatic heterocycles. The van der Waals surface area contributed by atoms with Crippen molar-refractivity contribution in [3.8, 4) is 0 Å². The number of halogens is 1. The average Bonchev–Trinajstić information content (AvgIpc) is 2.65. The monoisotopic (exact) mass is 402 g/mol. The highest BCUT2D eigenvalue weighted by molar-refractivity contribution is 6.30. The number of aliphatic hydroxyl groups is 1. The SMILES string of the molecule is CC1=C(C)C(=O)C(CCC(C)(O)CCC(=O)Cc2ccc(Cl)cc2)=C(C)C1=O. The molecule has 0 amide bonds. The lowest BCUT2D eigenvalue weighted by Gasteiger charge is -2.25. The number of ketones is 3. The van der Waals surface area contributed by atoms with E-state index in [0.717, 1.165) is 5.56 Å². The highest BCUT2D eigenvalue weighted by Gasteiger charge is 2.30. The van der Waals surface area contributed by atoms with Gasteiger partial charge in [0.2, 0.25) is 0 Å². The molecular weight excluding hydrogens is 376 g/mol. The number of allylic oxidation sites excluding steroid dienone is 4. The quantitative estimate of drug-likeness (QED) is 0.646. The first-order valence-corrected chi connectivity index (χ1v) is 9.85. The Morgan fingerprint density at radius 2 is 1.54 bits per heavy atom. The molecule has 1 atom stereocenters. The number of benzene rings is 1. The van der Waals surface area contributed by atoms with Crippen LogP contribution in [0.1, 0.15) is 58.9 Å². The van der Waals surface area contributed by atoms with Gasteiger partial charge in [0.1, 0.15) is 5.78 Å². The molecule has 0 saturated carbocycles. The van der Waals surface area contributed by atoms with Gasteiger partial charge in [0.05, 0.1) is 5.60 Å². The van der Waals surface area contributed by atoms with E-state index in [1.165, 1.54) is 0 Å². The molecule has 150 valence electrons. The van der Waals surface area contributed by atoms with Crippen molar-refractivity contribution in [2.24, 2.45) is 0 Å². The normalized spacial score (nSPS) is 17.2. The smallest absolute Gasteiger partial charge is 0.185 e. The summed E-state index contributed by atoms with van der Waals surface area (Å²) in [5.41, 5.74) is 1.70. The predicted octanol–water partition coefficient (Wildman–Crippen LogP) is 4.57. The highest BCUT2D eigenvalue weighted by atomic mass is 35.5. The second-order valence-electron chi connectivity index (χ2n) is 7.85. The number of carbonyl (C=O) groups is 3. The lowest BCUT2D eigenvalue weighted by Crippen LogP contribution is -2.27. The van der Waals surface area contributed by atoms with Gasteiger partial charge < -0.3 is 5.11 Å². The Hall–Kier alpha value is -2.04. The minimum absolute atomic E-state index is 0.0383. The fourth-order valence-corrected chi connectivity index (χ4v) is 3.43. The van der Waals surface area contributed by atoms with Gasteiger partial charge in [-0.05, 0) is 64.7 Å². The predicted molar refractivity (Wildman–Crippen MR) is 110 cm³/mol. The number of rotatable bonds is 8. The average molecular weight is 403 g/mol. The molecule has 0 radical (unpaired) electrons. The third-order valence-electron chi connectivity index (χ3n) is 5.48.